The van der Waals surface area contributed by atoms with Crippen LogP contribution < -0.4 is 9.62 Å². The second kappa shape index (κ2) is 9.11. The summed E-state index contributed by atoms with van der Waals surface area (Å²) in [4.78, 5) is 12.6. The largest absolute Gasteiger partial charge is 0.296 e. The number of amides is 1. The van der Waals surface area contributed by atoms with Crippen LogP contribution in [0.2, 0.25) is 5.02 Å². The van der Waals surface area contributed by atoms with Gasteiger partial charge in [0, 0.05) is 24.1 Å². The number of anilines is 2. The predicted molar refractivity (Wildman–Crippen MR) is 120 cm³/mol. The van der Waals surface area contributed by atoms with Crippen LogP contribution in [0.25, 0.3) is 0 Å². The van der Waals surface area contributed by atoms with Gasteiger partial charge < -0.3 is 0 Å². The number of nitrogens with one attached hydrogen (secondary N) is 1. The smallest absolute Gasteiger partial charge is 0.264 e. The highest BCUT2D eigenvalue weighted by atomic mass is 35.5. The summed E-state index contributed by atoms with van der Waals surface area (Å²) >= 11 is 7.28. The van der Waals surface area contributed by atoms with Gasteiger partial charge in [-0.3, -0.25) is 14.4 Å². The first-order valence-electron chi connectivity index (χ1n) is 9.15. The van der Waals surface area contributed by atoms with E-state index in [1.165, 1.54) is 36.6 Å². The van der Waals surface area contributed by atoms with Crippen molar-refractivity contribution in [3.63, 3.8) is 0 Å². The molecule has 30 heavy (non-hydrogen) atoms. The molecule has 3 rings (SSSR count). The fourth-order valence-electron chi connectivity index (χ4n) is 2.67. The first-order valence-corrected chi connectivity index (χ1v) is 11.8. The minimum absolute atomic E-state index is 0.00427. The summed E-state index contributed by atoms with van der Waals surface area (Å²) in [6.07, 6.45) is 0.775. The van der Waals surface area contributed by atoms with Crippen molar-refractivity contribution in [2.75, 3.05) is 16.7 Å². The van der Waals surface area contributed by atoms with Crippen LogP contribution in [0.1, 0.15) is 29.2 Å². The number of sulfonamides is 1. The van der Waals surface area contributed by atoms with E-state index in [2.05, 4.69) is 29.4 Å². The molecule has 1 amide bonds. The summed E-state index contributed by atoms with van der Waals surface area (Å²) in [6, 6.07) is 12.4. The van der Waals surface area contributed by atoms with Crippen LogP contribution in [0.4, 0.5) is 10.8 Å². The van der Waals surface area contributed by atoms with Gasteiger partial charge in [-0.15, -0.1) is 10.2 Å². The van der Waals surface area contributed by atoms with Gasteiger partial charge in [0.25, 0.3) is 15.9 Å². The van der Waals surface area contributed by atoms with Gasteiger partial charge in [0.2, 0.25) is 5.13 Å². The zero-order chi connectivity index (χ0) is 21.9. The van der Waals surface area contributed by atoms with Gasteiger partial charge in [-0.05, 0) is 42.3 Å². The summed E-state index contributed by atoms with van der Waals surface area (Å²) in [6.45, 7) is 4.15. The van der Waals surface area contributed by atoms with Gasteiger partial charge in [-0.1, -0.05) is 48.9 Å². The third-order valence-electron chi connectivity index (χ3n) is 4.20. The third kappa shape index (κ3) is 5.16. The predicted octanol–water partition coefficient (Wildman–Crippen LogP) is 4.47. The number of aromatic nitrogens is 2. The van der Waals surface area contributed by atoms with Gasteiger partial charge in [0.15, 0.2) is 0 Å². The molecule has 0 radical (unpaired) electrons. The maximum Gasteiger partial charge on any atom is 0.264 e. The lowest BCUT2D eigenvalue weighted by atomic mass is 10.1. The van der Waals surface area contributed by atoms with Crippen molar-refractivity contribution in [3.05, 3.63) is 64.1 Å². The summed E-state index contributed by atoms with van der Waals surface area (Å²) in [5, 5.41) is 12.4. The molecule has 3 aromatic rings. The Kier molecular flexibility index (Phi) is 6.74. The lowest BCUT2D eigenvalue weighted by molar-refractivity contribution is 0.102. The number of halogens is 1. The maximum absolute atomic E-state index is 13.0. The quantitative estimate of drug-likeness (QED) is 0.557. The fraction of sp³-hybridized carbons (Fsp3) is 0.250. The van der Waals surface area contributed by atoms with E-state index >= 15 is 0 Å². The molecule has 2 aromatic carbocycles. The molecule has 1 aromatic heterocycles. The minimum atomic E-state index is -3.88. The Morgan fingerprint density at radius 1 is 1.17 bits per heavy atom. The molecule has 0 fully saturated rings. The SMILES string of the molecule is CC(C)Cc1nnc(NC(=O)c2cccc(S(=O)(=O)N(C)c3cccc(Cl)c3)c2)s1. The molecule has 0 saturated heterocycles. The molecule has 1 N–H and O–H groups in total. The van der Waals surface area contributed by atoms with Crippen molar-refractivity contribution >= 4 is 49.7 Å². The van der Waals surface area contributed by atoms with Gasteiger partial charge in [-0.25, -0.2) is 8.42 Å². The van der Waals surface area contributed by atoms with E-state index in [-0.39, 0.29) is 10.5 Å². The summed E-state index contributed by atoms with van der Waals surface area (Å²) in [5.41, 5.74) is 0.625. The van der Waals surface area contributed by atoms with Crippen LogP contribution in [-0.2, 0) is 16.4 Å². The van der Waals surface area contributed by atoms with Crippen molar-refractivity contribution in [3.8, 4) is 0 Å². The normalized spacial score (nSPS) is 11.5. The Bertz CT molecular complexity index is 1160. The molecule has 0 aliphatic carbocycles. The first kappa shape index (κ1) is 22.2. The van der Waals surface area contributed by atoms with Crippen molar-refractivity contribution in [1.82, 2.24) is 10.2 Å². The number of benzene rings is 2. The lowest BCUT2D eigenvalue weighted by Gasteiger charge is -2.20. The Balaban J connectivity index is 1.81. The summed E-state index contributed by atoms with van der Waals surface area (Å²) < 4.78 is 27.2. The van der Waals surface area contributed by atoms with Crippen LogP contribution >= 0.6 is 22.9 Å². The molecule has 0 aliphatic rings. The van der Waals surface area contributed by atoms with E-state index in [0.29, 0.717) is 21.8 Å². The average molecular weight is 465 g/mol. The second-order valence-corrected chi connectivity index (χ2v) is 10.5. The molecule has 0 atom stereocenters. The first-order chi connectivity index (χ1) is 14.2. The molecular weight excluding hydrogens is 444 g/mol. The monoisotopic (exact) mass is 464 g/mol. The Morgan fingerprint density at radius 3 is 2.60 bits per heavy atom. The fourth-order valence-corrected chi connectivity index (χ4v) is 5.04. The van der Waals surface area contributed by atoms with E-state index in [0.717, 1.165) is 15.7 Å². The molecule has 1 heterocycles. The molecule has 158 valence electrons. The number of carbonyl (C=O) groups excluding carboxylic acids is 1. The van der Waals surface area contributed by atoms with Crippen LogP contribution in [0, 0.1) is 5.92 Å². The highest BCUT2D eigenvalue weighted by Crippen LogP contribution is 2.25. The Hall–Kier alpha value is -2.49. The molecule has 0 bridgehead atoms. The van der Waals surface area contributed by atoms with Gasteiger partial charge in [0.1, 0.15) is 5.01 Å². The topological polar surface area (TPSA) is 92.3 Å². The van der Waals surface area contributed by atoms with Gasteiger partial charge in [0.05, 0.1) is 10.6 Å². The molecule has 0 aliphatic heterocycles. The molecule has 0 saturated carbocycles. The minimum Gasteiger partial charge on any atom is -0.296 e. The van der Waals surface area contributed by atoms with Crippen molar-refractivity contribution in [2.24, 2.45) is 5.92 Å². The van der Waals surface area contributed by atoms with Crippen molar-refractivity contribution in [2.45, 2.75) is 25.2 Å². The highest BCUT2D eigenvalue weighted by molar-refractivity contribution is 7.92. The number of hydrogen-bond donors (Lipinski definition) is 1. The third-order valence-corrected chi connectivity index (χ3v) is 7.07. The molecule has 7 nitrogen and oxygen atoms in total. The van der Waals surface area contributed by atoms with Crippen molar-refractivity contribution < 1.29 is 13.2 Å². The number of carbonyl (C=O) groups is 1. The van der Waals surface area contributed by atoms with Crippen LogP contribution in [0.15, 0.2) is 53.4 Å². The van der Waals surface area contributed by atoms with E-state index < -0.39 is 15.9 Å². The van der Waals surface area contributed by atoms with E-state index in [1.54, 1.807) is 30.3 Å². The van der Waals surface area contributed by atoms with Gasteiger partial charge in [-0.2, -0.15) is 0 Å². The molecule has 10 heteroatoms. The summed E-state index contributed by atoms with van der Waals surface area (Å²) in [5.74, 6) is -0.0235. The number of nitrogens with zero attached hydrogens (tertiary/aromatic N) is 3. The van der Waals surface area contributed by atoms with Crippen LogP contribution in [0.3, 0.4) is 0 Å². The Labute approximate surface area is 184 Å². The second-order valence-electron chi connectivity index (χ2n) is 7.03. The highest BCUT2D eigenvalue weighted by Gasteiger charge is 2.23. The lowest BCUT2D eigenvalue weighted by Crippen LogP contribution is -2.26. The van der Waals surface area contributed by atoms with Crippen LogP contribution in [0.5, 0.6) is 0 Å². The van der Waals surface area contributed by atoms with E-state index in [4.69, 9.17) is 11.6 Å². The standard InChI is InChI=1S/C20H21ClN4O3S2/c1-13(2)10-18-23-24-20(29-18)22-19(26)14-6-4-9-17(11-14)30(27,28)25(3)16-8-5-7-15(21)12-16/h4-9,11-13H,10H2,1-3H3,(H,22,24,26). The number of rotatable bonds is 7. The van der Waals surface area contributed by atoms with Crippen LogP contribution in [-0.4, -0.2) is 31.6 Å². The number of hydrogen-bond acceptors (Lipinski definition) is 6. The zero-order valence-electron chi connectivity index (χ0n) is 16.7. The molecule has 0 spiro atoms. The molecular formula is C20H21ClN4O3S2. The van der Waals surface area contributed by atoms with E-state index in [9.17, 15) is 13.2 Å². The van der Waals surface area contributed by atoms with Crippen molar-refractivity contribution in [1.29, 1.82) is 0 Å². The summed E-state index contributed by atoms with van der Waals surface area (Å²) in [7, 11) is -2.44. The molecule has 0 unspecified atom stereocenters. The van der Waals surface area contributed by atoms with E-state index in [1.807, 2.05) is 0 Å². The Morgan fingerprint density at radius 2 is 1.90 bits per heavy atom. The average Bonchev–Trinajstić information content (AvgIpc) is 3.13. The van der Waals surface area contributed by atoms with Gasteiger partial charge >= 0.3 is 0 Å². The maximum atomic E-state index is 13.0. The zero-order valence-corrected chi connectivity index (χ0v) is 19.1.